The largest absolute Gasteiger partial charge is 0.388 e. The van der Waals surface area contributed by atoms with Crippen molar-refractivity contribution in [3.8, 4) is 0 Å². The van der Waals surface area contributed by atoms with Crippen molar-refractivity contribution in [2.24, 2.45) is 0 Å². The number of aliphatic hydroxyl groups excluding tert-OH is 3. The number of hydrogen-bond donors (Lipinski definition) is 4. The summed E-state index contributed by atoms with van der Waals surface area (Å²) >= 11 is 0. The van der Waals surface area contributed by atoms with Crippen molar-refractivity contribution in [3.05, 3.63) is 11.8 Å². The normalized spacial score (nSPS) is 35.9. The molecule has 0 saturated carbocycles. The van der Waals surface area contributed by atoms with Crippen LogP contribution in [-0.2, 0) is 4.74 Å². The van der Waals surface area contributed by atoms with E-state index in [1.807, 2.05) is 18.0 Å². The lowest BCUT2D eigenvalue weighted by Gasteiger charge is -2.31. The molecule has 4 atom stereocenters. The van der Waals surface area contributed by atoms with Crippen LogP contribution in [0.25, 0.3) is 0 Å². The van der Waals surface area contributed by atoms with Gasteiger partial charge in [0.15, 0.2) is 0 Å². The van der Waals surface area contributed by atoms with Gasteiger partial charge in [-0.05, 0) is 12.5 Å². The molecule has 6 heteroatoms. The molecule has 0 amide bonds. The molecule has 0 aromatic rings. The van der Waals surface area contributed by atoms with Gasteiger partial charge in [-0.25, -0.2) is 0 Å². The molecular formula is C11H20N2O4. The van der Waals surface area contributed by atoms with Crippen molar-refractivity contribution in [2.75, 3.05) is 26.4 Å². The van der Waals surface area contributed by atoms with E-state index >= 15 is 0 Å². The minimum absolute atomic E-state index is 0.0794. The number of rotatable bonds is 3. The third-order valence-electron chi connectivity index (χ3n) is 3.11. The highest BCUT2D eigenvalue weighted by atomic mass is 16.5. The van der Waals surface area contributed by atoms with E-state index < -0.39 is 24.4 Å². The molecule has 0 spiro atoms. The van der Waals surface area contributed by atoms with Crippen LogP contribution < -0.4 is 5.32 Å². The van der Waals surface area contributed by atoms with Crippen LogP contribution in [0.4, 0.5) is 0 Å². The van der Waals surface area contributed by atoms with Gasteiger partial charge in [-0.2, -0.15) is 0 Å². The molecule has 0 aromatic heterocycles. The molecule has 17 heavy (non-hydrogen) atoms. The smallest absolute Gasteiger partial charge is 0.114 e. The summed E-state index contributed by atoms with van der Waals surface area (Å²) in [6, 6.07) is 0. The molecule has 0 bridgehead atoms. The number of hydrogen-bond acceptors (Lipinski definition) is 6. The average Bonchev–Trinajstić information content (AvgIpc) is 2.60. The average molecular weight is 244 g/mol. The topological polar surface area (TPSA) is 85.2 Å². The number of nitrogens with zero attached hydrogens (tertiary/aromatic N) is 1. The second-order valence-electron chi connectivity index (χ2n) is 4.75. The highest BCUT2D eigenvalue weighted by molar-refractivity contribution is 5.03. The third kappa shape index (κ3) is 2.97. The molecule has 4 N–H and O–H groups in total. The van der Waals surface area contributed by atoms with Gasteiger partial charge in [-0.3, -0.25) is 5.32 Å². The van der Waals surface area contributed by atoms with Gasteiger partial charge >= 0.3 is 0 Å². The lowest BCUT2D eigenvalue weighted by molar-refractivity contribution is -0.0582. The fraction of sp³-hybridized carbons (Fsp3) is 0.818. The summed E-state index contributed by atoms with van der Waals surface area (Å²) < 4.78 is 5.19. The summed E-state index contributed by atoms with van der Waals surface area (Å²) in [5.74, 6) is 0. The van der Waals surface area contributed by atoms with E-state index in [2.05, 4.69) is 5.32 Å². The zero-order chi connectivity index (χ0) is 12.4. The van der Waals surface area contributed by atoms with E-state index in [0.29, 0.717) is 13.2 Å². The van der Waals surface area contributed by atoms with Gasteiger partial charge in [0.25, 0.3) is 0 Å². The highest BCUT2D eigenvalue weighted by Crippen LogP contribution is 2.18. The number of β-amino-alcohol motifs (C(OH)–C–C–N with tert-alkyl or cyclic N) is 1. The molecule has 0 aliphatic carbocycles. The Balaban J connectivity index is 1.88. The third-order valence-corrected chi connectivity index (χ3v) is 3.11. The van der Waals surface area contributed by atoms with Crippen LogP contribution in [0, 0.1) is 0 Å². The maximum absolute atomic E-state index is 9.98. The molecule has 0 aromatic carbocycles. The van der Waals surface area contributed by atoms with Gasteiger partial charge in [-0.1, -0.05) is 0 Å². The molecule has 6 nitrogen and oxygen atoms in total. The first-order valence-corrected chi connectivity index (χ1v) is 5.86. The maximum Gasteiger partial charge on any atom is 0.114 e. The summed E-state index contributed by atoms with van der Waals surface area (Å²) in [5.41, 5.74) is 1.19. The Morgan fingerprint density at radius 1 is 1.59 bits per heavy atom. The Morgan fingerprint density at radius 3 is 2.94 bits per heavy atom. The van der Waals surface area contributed by atoms with E-state index in [9.17, 15) is 15.3 Å². The number of aliphatic hydroxyl groups is 3. The molecule has 0 unspecified atom stereocenters. The van der Waals surface area contributed by atoms with Crippen molar-refractivity contribution in [1.82, 2.24) is 10.2 Å². The lowest BCUT2D eigenvalue weighted by atomic mass is 10.1. The summed E-state index contributed by atoms with van der Waals surface area (Å²) in [4.78, 5) is 1.93. The SMILES string of the molecule is CC1=CN(C[C@@H](O)[C@H]2OC[C@@H](O)[C@H]2O)CNC1. The van der Waals surface area contributed by atoms with E-state index in [1.54, 1.807) is 0 Å². The summed E-state index contributed by atoms with van der Waals surface area (Å²) in [6.45, 7) is 3.98. The number of nitrogens with one attached hydrogen (secondary N) is 1. The van der Waals surface area contributed by atoms with Crippen LogP contribution in [0.5, 0.6) is 0 Å². The Morgan fingerprint density at radius 2 is 2.35 bits per heavy atom. The molecule has 1 fully saturated rings. The van der Waals surface area contributed by atoms with Crippen LogP contribution in [-0.4, -0.2) is 71.0 Å². The van der Waals surface area contributed by atoms with E-state index in [4.69, 9.17) is 4.74 Å². The van der Waals surface area contributed by atoms with Crippen molar-refractivity contribution in [1.29, 1.82) is 0 Å². The first-order valence-electron chi connectivity index (χ1n) is 5.86. The quantitative estimate of drug-likeness (QED) is 0.470. The summed E-state index contributed by atoms with van der Waals surface area (Å²) in [7, 11) is 0. The van der Waals surface area contributed by atoms with Crippen LogP contribution in [0.1, 0.15) is 6.92 Å². The molecule has 1 saturated heterocycles. The van der Waals surface area contributed by atoms with Gasteiger partial charge in [0, 0.05) is 19.3 Å². The summed E-state index contributed by atoms with van der Waals surface area (Å²) in [6.07, 6.45) is -1.44. The Labute approximate surface area is 100 Å². The van der Waals surface area contributed by atoms with Crippen molar-refractivity contribution < 1.29 is 20.1 Å². The zero-order valence-corrected chi connectivity index (χ0v) is 9.91. The Bertz CT molecular complexity index is 297. The molecule has 98 valence electrons. The molecule has 2 aliphatic rings. The molecule has 0 radical (unpaired) electrons. The second-order valence-corrected chi connectivity index (χ2v) is 4.75. The van der Waals surface area contributed by atoms with E-state index in [0.717, 1.165) is 6.54 Å². The standard InChI is InChI=1S/C11H20N2O4/c1-7-2-12-6-13(3-7)4-8(14)11-10(16)9(15)5-17-11/h3,8-12,14-16H,2,4-6H2,1H3/t8-,9-,10-,11-/m1/s1. The van der Waals surface area contributed by atoms with E-state index in [-0.39, 0.29) is 6.61 Å². The van der Waals surface area contributed by atoms with Gasteiger partial charge < -0.3 is 25.0 Å². The Kier molecular flexibility index (Phi) is 4.01. The predicted octanol–water partition coefficient (Wildman–Crippen LogP) is -1.77. The Hall–Kier alpha value is -0.660. The van der Waals surface area contributed by atoms with Crippen molar-refractivity contribution in [2.45, 2.75) is 31.3 Å². The summed E-state index contributed by atoms with van der Waals surface area (Å²) in [5, 5.41) is 32.1. The fourth-order valence-corrected chi connectivity index (χ4v) is 2.23. The first kappa shape index (κ1) is 12.8. The van der Waals surface area contributed by atoms with Crippen LogP contribution >= 0.6 is 0 Å². The number of ether oxygens (including phenoxy) is 1. The lowest BCUT2D eigenvalue weighted by Crippen LogP contribution is -2.47. The predicted molar refractivity (Wildman–Crippen MR) is 61.1 cm³/mol. The zero-order valence-electron chi connectivity index (χ0n) is 9.91. The maximum atomic E-state index is 9.98. The molecular weight excluding hydrogens is 224 g/mol. The second kappa shape index (κ2) is 5.32. The first-order chi connectivity index (χ1) is 8.08. The van der Waals surface area contributed by atoms with Gasteiger partial charge in [0.1, 0.15) is 24.4 Å². The van der Waals surface area contributed by atoms with Crippen LogP contribution in [0.3, 0.4) is 0 Å². The molecule has 2 rings (SSSR count). The fourth-order valence-electron chi connectivity index (χ4n) is 2.23. The highest BCUT2D eigenvalue weighted by Gasteiger charge is 2.39. The van der Waals surface area contributed by atoms with Crippen molar-refractivity contribution >= 4 is 0 Å². The van der Waals surface area contributed by atoms with Gasteiger partial charge in [0.05, 0.1) is 13.3 Å². The molecule has 2 heterocycles. The van der Waals surface area contributed by atoms with Gasteiger partial charge in [0.2, 0.25) is 0 Å². The van der Waals surface area contributed by atoms with E-state index in [1.165, 1.54) is 5.57 Å². The monoisotopic (exact) mass is 244 g/mol. The van der Waals surface area contributed by atoms with Crippen molar-refractivity contribution in [3.63, 3.8) is 0 Å². The minimum atomic E-state index is -1.01. The van der Waals surface area contributed by atoms with Gasteiger partial charge in [-0.15, -0.1) is 0 Å². The minimum Gasteiger partial charge on any atom is -0.388 e. The molecule has 2 aliphatic heterocycles. The van der Waals surface area contributed by atoms with Crippen LogP contribution in [0.2, 0.25) is 0 Å². The van der Waals surface area contributed by atoms with Crippen LogP contribution in [0.15, 0.2) is 11.8 Å².